The Bertz CT molecular complexity index is 2470. The number of hydrogen-bond acceptors (Lipinski definition) is 14. The van der Waals surface area contributed by atoms with Crippen molar-refractivity contribution in [2.75, 3.05) is 36.0 Å². The van der Waals surface area contributed by atoms with E-state index >= 15 is 4.57 Å². The zero-order chi connectivity index (χ0) is 48.0. The molecule has 0 radical (unpaired) electrons. The number of rotatable bonds is 16. The molecule has 0 saturated carbocycles. The van der Waals surface area contributed by atoms with Gasteiger partial charge in [-0.25, -0.2) is 28.7 Å². The first-order valence-corrected chi connectivity index (χ1v) is 23.5. The second kappa shape index (κ2) is 22.8. The smallest absolute Gasteiger partial charge is 0.445 e. The first-order valence-electron chi connectivity index (χ1n) is 21.9. The van der Waals surface area contributed by atoms with Crippen LogP contribution in [0.15, 0.2) is 140 Å². The van der Waals surface area contributed by atoms with Crippen molar-refractivity contribution in [2.24, 2.45) is 11.5 Å². The van der Waals surface area contributed by atoms with Crippen molar-refractivity contribution in [1.29, 1.82) is 0 Å². The van der Waals surface area contributed by atoms with E-state index in [1.54, 1.807) is 48.5 Å². The SMILES string of the molecule is NCC(=O)N(C(=O)OCc1ccccc1)c1ccc(OP(=O)(Oc2ccc(N(C(=O)CN)C(=O)OCc3ccccc3)cc2)[C@@H]2CCCN2C(=O)[C@@H]2CCCN2C(=O)OCc2ccccc2)cc1. The molecule has 2 heterocycles. The van der Waals surface area contributed by atoms with Gasteiger partial charge in [0.1, 0.15) is 37.4 Å². The number of carbonyl (C=O) groups excluding carboxylic acids is 6. The van der Waals surface area contributed by atoms with Crippen LogP contribution in [-0.4, -0.2) is 83.8 Å². The van der Waals surface area contributed by atoms with Gasteiger partial charge in [0.2, 0.25) is 17.7 Å². The average Bonchev–Trinajstić information content (AvgIpc) is 4.09. The van der Waals surface area contributed by atoms with Gasteiger partial charge in [-0.3, -0.25) is 19.3 Å². The normalized spacial score (nSPS) is 15.5. The molecule has 7 rings (SSSR count). The Hall–Kier alpha value is -7.53. The maximum Gasteiger partial charge on any atom is 0.453 e. The summed E-state index contributed by atoms with van der Waals surface area (Å²) >= 11 is 0. The number of likely N-dealkylation sites (tertiary alicyclic amines) is 2. The van der Waals surface area contributed by atoms with Crippen molar-refractivity contribution in [1.82, 2.24) is 9.80 Å². The predicted octanol–water partition coefficient (Wildman–Crippen LogP) is 7.34. The number of nitrogens with two attached hydrogens (primary N) is 2. The van der Waals surface area contributed by atoms with Gasteiger partial charge >= 0.3 is 25.9 Å². The highest BCUT2D eigenvalue weighted by atomic mass is 31.2. The van der Waals surface area contributed by atoms with E-state index in [1.165, 1.54) is 58.3 Å². The van der Waals surface area contributed by atoms with Crippen LogP contribution in [0.4, 0.5) is 25.8 Å². The molecular weight excluding hydrogens is 896 g/mol. The lowest BCUT2D eigenvalue weighted by Gasteiger charge is -2.34. The Morgan fingerprint density at radius 2 is 0.926 bits per heavy atom. The van der Waals surface area contributed by atoms with Gasteiger partial charge in [0.25, 0.3) is 0 Å². The van der Waals surface area contributed by atoms with Crippen molar-refractivity contribution < 1.29 is 56.6 Å². The summed E-state index contributed by atoms with van der Waals surface area (Å²) in [6.07, 6.45) is -1.14. The maximum atomic E-state index is 15.5. The topological polar surface area (TPSA) is 231 Å². The number of benzene rings is 5. The third-order valence-electron chi connectivity index (χ3n) is 11.1. The number of imide groups is 2. The minimum atomic E-state index is -4.53. The predicted molar refractivity (Wildman–Crippen MR) is 249 cm³/mol. The van der Waals surface area contributed by atoms with Gasteiger partial charge < -0.3 is 39.6 Å². The molecule has 18 nitrogen and oxygen atoms in total. The van der Waals surface area contributed by atoms with E-state index in [0.717, 1.165) is 15.4 Å². The zero-order valence-corrected chi connectivity index (χ0v) is 37.9. The molecule has 2 atom stereocenters. The van der Waals surface area contributed by atoms with E-state index in [9.17, 15) is 28.8 Å². The van der Waals surface area contributed by atoms with Gasteiger partial charge in [0, 0.05) is 13.1 Å². The summed E-state index contributed by atoms with van der Waals surface area (Å²) in [6, 6.07) is 37.0. The van der Waals surface area contributed by atoms with E-state index in [2.05, 4.69) is 0 Å². The summed E-state index contributed by atoms with van der Waals surface area (Å²) in [6.45, 7) is -0.785. The molecular formula is C49H51N6O12P. The molecule has 4 N–H and O–H groups in total. The Morgan fingerprint density at radius 3 is 1.35 bits per heavy atom. The lowest BCUT2D eigenvalue weighted by atomic mass is 10.2. The summed E-state index contributed by atoms with van der Waals surface area (Å²) in [5.41, 5.74) is 13.7. The van der Waals surface area contributed by atoms with Gasteiger partial charge in [-0.05, 0) is 90.9 Å². The quantitative estimate of drug-likeness (QED) is 0.0728. The molecule has 2 fully saturated rings. The molecule has 2 aliphatic heterocycles. The van der Waals surface area contributed by atoms with Crippen molar-refractivity contribution in [3.8, 4) is 11.5 Å². The van der Waals surface area contributed by atoms with E-state index in [-0.39, 0.29) is 62.2 Å². The van der Waals surface area contributed by atoms with Gasteiger partial charge in [-0.1, -0.05) is 91.0 Å². The fourth-order valence-electron chi connectivity index (χ4n) is 7.77. The second-order valence-electron chi connectivity index (χ2n) is 15.7. The molecule has 0 spiro atoms. The maximum absolute atomic E-state index is 15.5. The Balaban J connectivity index is 1.14. The number of ether oxygens (including phenoxy) is 3. The number of hydrogen-bond donors (Lipinski definition) is 2. The molecule has 354 valence electrons. The molecule has 0 aliphatic carbocycles. The first-order chi connectivity index (χ1) is 33.0. The van der Waals surface area contributed by atoms with Crippen LogP contribution < -0.4 is 30.3 Å². The van der Waals surface area contributed by atoms with Crippen LogP contribution in [0.5, 0.6) is 11.5 Å². The number of nitrogens with zero attached hydrogens (tertiary/aromatic N) is 4. The van der Waals surface area contributed by atoms with Crippen LogP contribution in [0.25, 0.3) is 0 Å². The molecule has 19 heteroatoms. The zero-order valence-electron chi connectivity index (χ0n) is 37.0. The molecule has 0 unspecified atom stereocenters. The fraction of sp³-hybridized carbons (Fsp3) is 0.265. The lowest BCUT2D eigenvalue weighted by Crippen LogP contribution is -2.49. The first kappa shape index (κ1) is 48.4. The lowest BCUT2D eigenvalue weighted by molar-refractivity contribution is -0.135. The van der Waals surface area contributed by atoms with Crippen LogP contribution in [0.1, 0.15) is 42.4 Å². The van der Waals surface area contributed by atoms with E-state index in [0.29, 0.717) is 30.4 Å². The minimum Gasteiger partial charge on any atom is -0.445 e. The molecule has 0 aromatic heterocycles. The number of amides is 6. The van der Waals surface area contributed by atoms with Crippen molar-refractivity contribution in [3.63, 3.8) is 0 Å². The van der Waals surface area contributed by atoms with E-state index in [4.69, 9.17) is 34.7 Å². The second-order valence-corrected chi connectivity index (χ2v) is 17.7. The number of anilines is 2. The summed E-state index contributed by atoms with van der Waals surface area (Å²) in [5, 5.41) is 0. The summed E-state index contributed by atoms with van der Waals surface area (Å²) in [4.78, 5) is 84.6. The molecule has 0 bridgehead atoms. The summed E-state index contributed by atoms with van der Waals surface area (Å²) in [7, 11) is -4.53. The molecule has 6 amide bonds. The van der Waals surface area contributed by atoms with Gasteiger partial charge in [0.15, 0.2) is 5.78 Å². The standard InChI is InChI=1S/C49H51N6O12P/c50-30-43(56)54(48(60)64-33-36-14-6-2-7-15-36)38-20-24-40(25-21-38)66-68(62,67-41-26-22-39(23-27-41)55(44(57)31-51)49(61)65-34-37-16-8-3-9-17-37)45-19-11-29-53(45)46(58)42-18-10-28-52(42)47(59)63-32-35-12-4-1-5-13-35/h1-9,12-17,20-27,42,45H,10-11,18-19,28-34,50-51H2/t42-,45+/m0/s1. The minimum absolute atomic E-state index is 0.0118. The number of carbonyl (C=O) groups is 6. The highest BCUT2D eigenvalue weighted by Crippen LogP contribution is 2.57. The molecule has 5 aromatic rings. The van der Waals surface area contributed by atoms with Crippen molar-refractivity contribution >= 4 is 55.0 Å². The molecule has 2 aliphatic rings. The van der Waals surface area contributed by atoms with Crippen LogP contribution >= 0.6 is 7.60 Å². The van der Waals surface area contributed by atoms with Gasteiger partial charge in [0.05, 0.1) is 24.5 Å². The van der Waals surface area contributed by atoms with E-state index < -0.39 is 68.5 Å². The van der Waals surface area contributed by atoms with Gasteiger partial charge in [-0.15, -0.1) is 0 Å². The van der Waals surface area contributed by atoms with Crippen LogP contribution in [0.3, 0.4) is 0 Å². The Kier molecular flexibility index (Phi) is 16.2. The van der Waals surface area contributed by atoms with Crippen LogP contribution in [-0.2, 0) is 53.0 Å². The largest absolute Gasteiger partial charge is 0.453 e. The molecule has 2 saturated heterocycles. The average molecular weight is 947 g/mol. The fourth-order valence-corrected chi connectivity index (χ4v) is 9.95. The summed E-state index contributed by atoms with van der Waals surface area (Å²) < 4.78 is 44.5. The Morgan fingerprint density at radius 1 is 0.529 bits per heavy atom. The van der Waals surface area contributed by atoms with Crippen molar-refractivity contribution in [3.05, 3.63) is 156 Å². The third kappa shape index (κ3) is 11.9. The van der Waals surface area contributed by atoms with Crippen LogP contribution in [0, 0.1) is 0 Å². The monoisotopic (exact) mass is 946 g/mol. The molecule has 68 heavy (non-hydrogen) atoms. The van der Waals surface area contributed by atoms with Crippen LogP contribution in [0.2, 0.25) is 0 Å². The molecule has 5 aromatic carbocycles. The van der Waals surface area contributed by atoms with Gasteiger partial charge in [-0.2, -0.15) is 0 Å². The van der Waals surface area contributed by atoms with E-state index in [1.807, 2.05) is 42.5 Å². The highest BCUT2D eigenvalue weighted by molar-refractivity contribution is 7.55. The summed E-state index contributed by atoms with van der Waals surface area (Å²) in [5.74, 6) is -3.17. The Labute approximate surface area is 392 Å². The highest BCUT2D eigenvalue weighted by Gasteiger charge is 2.50. The van der Waals surface area contributed by atoms with Crippen molar-refractivity contribution in [2.45, 2.75) is 57.3 Å². The third-order valence-corrected chi connectivity index (χ3v) is 13.3.